The van der Waals surface area contributed by atoms with Gasteiger partial charge in [0.2, 0.25) is 5.91 Å². The van der Waals surface area contributed by atoms with Crippen molar-refractivity contribution < 1.29 is 14.3 Å². The Morgan fingerprint density at radius 3 is 2.68 bits per heavy atom. The van der Waals surface area contributed by atoms with E-state index >= 15 is 0 Å². The quantitative estimate of drug-likeness (QED) is 0.823. The second-order valence-corrected chi connectivity index (χ2v) is 7.22. The highest BCUT2D eigenvalue weighted by Gasteiger charge is 2.47. The van der Waals surface area contributed by atoms with Crippen LogP contribution in [0.25, 0.3) is 0 Å². The molecular formula is C19H25ClN2O3. The van der Waals surface area contributed by atoms with Crippen LogP contribution in [-0.2, 0) is 19.9 Å². The number of Topliss-reactive ketones (excluding diaryl/α,β-unsaturated/α-hetero) is 1. The van der Waals surface area contributed by atoms with E-state index in [-0.39, 0.29) is 11.7 Å². The average Bonchev–Trinajstić information content (AvgIpc) is 2.63. The van der Waals surface area contributed by atoms with E-state index in [9.17, 15) is 9.59 Å². The molecule has 0 radical (unpaired) electrons. The standard InChI is InChI=1S/C19H25ClN2O3/c1-21(18(24)14-22-10-12-25-13-11-22)19(9-5-4-8-17(19)23)15-6-2-3-7-16(15)20/h2-3,6-7H,4-5,8-14H2,1H3/t19-/m0/s1. The SMILES string of the molecule is CN(C(=O)CN1CCOCC1)[C@]1(c2ccccc2Cl)CCCCC1=O. The molecule has 0 bridgehead atoms. The van der Waals surface area contributed by atoms with Gasteiger partial charge in [-0.25, -0.2) is 0 Å². The summed E-state index contributed by atoms with van der Waals surface area (Å²) >= 11 is 6.44. The van der Waals surface area contributed by atoms with Crippen molar-refractivity contribution >= 4 is 23.3 Å². The molecule has 6 heteroatoms. The molecule has 0 N–H and O–H groups in total. The second-order valence-electron chi connectivity index (χ2n) is 6.81. The first-order chi connectivity index (χ1) is 12.1. The van der Waals surface area contributed by atoms with Crippen LogP contribution in [0.5, 0.6) is 0 Å². The van der Waals surface area contributed by atoms with E-state index in [0.717, 1.165) is 31.5 Å². The summed E-state index contributed by atoms with van der Waals surface area (Å²) in [5, 5.41) is 0.545. The first-order valence-electron chi connectivity index (χ1n) is 8.91. The molecule has 1 atom stereocenters. The number of ether oxygens (including phenoxy) is 1. The van der Waals surface area contributed by atoms with E-state index in [1.165, 1.54) is 0 Å². The number of carbonyl (C=O) groups is 2. The Labute approximate surface area is 153 Å². The zero-order valence-corrected chi connectivity index (χ0v) is 15.4. The van der Waals surface area contributed by atoms with Crippen LogP contribution in [0.4, 0.5) is 0 Å². The number of nitrogens with zero attached hydrogens (tertiary/aromatic N) is 2. The lowest BCUT2D eigenvalue weighted by Crippen LogP contribution is -2.56. The minimum absolute atomic E-state index is 0.0444. The number of rotatable bonds is 4. The van der Waals surface area contributed by atoms with E-state index in [2.05, 4.69) is 4.90 Å². The Bertz CT molecular complexity index is 645. The number of benzene rings is 1. The van der Waals surface area contributed by atoms with Crippen molar-refractivity contribution in [3.8, 4) is 0 Å². The highest BCUT2D eigenvalue weighted by atomic mass is 35.5. The second kappa shape index (κ2) is 7.85. The fourth-order valence-electron chi connectivity index (χ4n) is 3.90. The fourth-order valence-corrected chi connectivity index (χ4v) is 4.19. The molecule has 1 amide bonds. The van der Waals surface area contributed by atoms with Gasteiger partial charge in [-0.3, -0.25) is 14.5 Å². The smallest absolute Gasteiger partial charge is 0.237 e. The summed E-state index contributed by atoms with van der Waals surface area (Å²) in [5.74, 6) is 0.0433. The zero-order chi connectivity index (χ0) is 17.9. The van der Waals surface area contributed by atoms with Gasteiger partial charge in [-0.05, 0) is 25.3 Å². The molecule has 0 aromatic heterocycles. The lowest BCUT2D eigenvalue weighted by atomic mass is 9.74. The molecule has 1 heterocycles. The topological polar surface area (TPSA) is 49.9 Å². The minimum atomic E-state index is -0.944. The van der Waals surface area contributed by atoms with E-state index in [1.807, 2.05) is 18.2 Å². The van der Waals surface area contributed by atoms with E-state index in [0.29, 0.717) is 37.6 Å². The van der Waals surface area contributed by atoms with E-state index in [1.54, 1.807) is 18.0 Å². The molecule has 2 fully saturated rings. The number of carbonyl (C=O) groups excluding carboxylic acids is 2. The van der Waals surface area contributed by atoms with Crippen molar-refractivity contribution in [2.75, 3.05) is 39.9 Å². The molecule has 1 aromatic carbocycles. The summed E-state index contributed by atoms with van der Waals surface area (Å²) in [6, 6.07) is 7.40. The van der Waals surface area contributed by atoms with Crippen LogP contribution in [-0.4, -0.2) is 61.4 Å². The van der Waals surface area contributed by atoms with Gasteiger partial charge in [-0.1, -0.05) is 29.8 Å². The number of likely N-dealkylation sites (N-methyl/N-ethyl adjacent to an activating group) is 1. The third-order valence-electron chi connectivity index (χ3n) is 5.38. The van der Waals surface area contributed by atoms with Crippen molar-refractivity contribution in [2.45, 2.75) is 31.2 Å². The molecule has 1 saturated heterocycles. The number of halogens is 1. The summed E-state index contributed by atoms with van der Waals surface area (Å²) < 4.78 is 5.34. The van der Waals surface area contributed by atoms with Crippen molar-refractivity contribution in [3.63, 3.8) is 0 Å². The molecule has 25 heavy (non-hydrogen) atoms. The van der Waals surface area contributed by atoms with Crippen LogP contribution in [0.2, 0.25) is 5.02 Å². The van der Waals surface area contributed by atoms with E-state index < -0.39 is 5.54 Å². The van der Waals surface area contributed by atoms with Crippen LogP contribution in [0.1, 0.15) is 31.2 Å². The molecule has 1 saturated carbocycles. The van der Waals surface area contributed by atoms with Crippen LogP contribution in [0.3, 0.4) is 0 Å². The summed E-state index contributed by atoms with van der Waals surface area (Å²) in [5.41, 5.74) is -0.195. The number of amides is 1. The van der Waals surface area contributed by atoms with Crippen molar-refractivity contribution in [1.82, 2.24) is 9.80 Å². The van der Waals surface area contributed by atoms with Gasteiger partial charge in [0, 0.05) is 37.1 Å². The van der Waals surface area contributed by atoms with Gasteiger partial charge in [-0.15, -0.1) is 0 Å². The van der Waals surface area contributed by atoms with Gasteiger partial charge in [0.05, 0.1) is 19.8 Å². The summed E-state index contributed by atoms with van der Waals surface area (Å²) in [6.07, 6.45) is 2.89. The van der Waals surface area contributed by atoms with Gasteiger partial charge in [-0.2, -0.15) is 0 Å². The van der Waals surface area contributed by atoms with Crippen LogP contribution >= 0.6 is 11.6 Å². The Balaban J connectivity index is 1.90. The normalized spacial score (nSPS) is 25.0. The van der Waals surface area contributed by atoms with Crippen molar-refractivity contribution in [1.29, 1.82) is 0 Å². The maximum atomic E-state index is 13.0. The lowest BCUT2D eigenvalue weighted by Gasteiger charge is -2.44. The fraction of sp³-hybridized carbons (Fsp3) is 0.579. The van der Waals surface area contributed by atoms with Gasteiger partial charge in [0.1, 0.15) is 5.54 Å². The number of hydrogen-bond donors (Lipinski definition) is 0. The van der Waals surface area contributed by atoms with Gasteiger partial charge in [0.15, 0.2) is 5.78 Å². The highest BCUT2D eigenvalue weighted by Crippen LogP contribution is 2.42. The number of hydrogen-bond acceptors (Lipinski definition) is 4. The lowest BCUT2D eigenvalue weighted by molar-refractivity contribution is -0.149. The van der Waals surface area contributed by atoms with Crippen LogP contribution in [0.15, 0.2) is 24.3 Å². The highest BCUT2D eigenvalue weighted by molar-refractivity contribution is 6.31. The Kier molecular flexibility index (Phi) is 5.77. The molecule has 1 aromatic rings. The molecule has 1 aliphatic heterocycles. The summed E-state index contributed by atoms with van der Waals surface area (Å²) in [7, 11) is 1.75. The number of morpholine rings is 1. The van der Waals surface area contributed by atoms with E-state index in [4.69, 9.17) is 16.3 Å². The van der Waals surface area contributed by atoms with Crippen molar-refractivity contribution in [3.05, 3.63) is 34.9 Å². The zero-order valence-electron chi connectivity index (χ0n) is 14.7. The molecule has 136 valence electrons. The summed E-state index contributed by atoms with van der Waals surface area (Å²) in [6.45, 7) is 3.08. The molecule has 0 unspecified atom stereocenters. The molecule has 1 aliphatic carbocycles. The predicted molar refractivity (Wildman–Crippen MR) is 96.6 cm³/mol. The molecule has 2 aliphatic rings. The van der Waals surface area contributed by atoms with Crippen molar-refractivity contribution in [2.24, 2.45) is 0 Å². The average molecular weight is 365 g/mol. The van der Waals surface area contributed by atoms with Gasteiger partial charge in [0.25, 0.3) is 0 Å². The van der Waals surface area contributed by atoms with Gasteiger partial charge < -0.3 is 9.64 Å². The maximum absolute atomic E-state index is 13.0. The third-order valence-corrected chi connectivity index (χ3v) is 5.71. The molecular weight excluding hydrogens is 340 g/mol. The van der Waals surface area contributed by atoms with Crippen LogP contribution in [0, 0.1) is 0 Å². The molecule has 5 nitrogen and oxygen atoms in total. The summed E-state index contributed by atoms with van der Waals surface area (Å²) in [4.78, 5) is 29.7. The van der Waals surface area contributed by atoms with Gasteiger partial charge >= 0.3 is 0 Å². The monoisotopic (exact) mass is 364 g/mol. The predicted octanol–water partition coefficient (Wildman–Crippen LogP) is 2.47. The molecule has 0 spiro atoms. The maximum Gasteiger partial charge on any atom is 0.237 e. The Morgan fingerprint density at radius 2 is 2.00 bits per heavy atom. The Morgan fingerprint density at radius 1 is 1.28 bits per heavy atom. The van der Waals surface area contributed by atoms with Crippen LogP contribution < -0.4 is 0 Å². The Hall–Kier alpha value is -1.43. The largest absolute Gasteiger partial charge is 0.379 e. The first-order valence-corrected chi connectivity index (χ1v) is 9.28. The first kappa shape index (κ1) is 18.4. The minimum Gasteiger partial charge on any atom is -0.379 e. The third kappa shape index (κ3) is 3.59. The number of ketones is 1. The molecule has 3 rings (SSSR count).